The van der Waals surface area contributed by atoms with Crippen LogP contribution in [0.4, 0.5) is 0 Å². The van der Waals surface area contributed by atoms with Crippen LogP contribution < -0.4 is 0 Å². The third-order valence-electron chi connectivity index (χ3n) is 1.53. The molecule has 0 saturated carbocycles. The zero-order valence-electron chi connectivity index (χ0n) is 5.95. The van der Waals surface area contributed by atoms with Crippen molar-refractivity contribution in [1.82, 2.24) is 0 Å². The molecule has 8 heavy (non-hydrogen) atoms. The van der Waals surface area contributed by atoms with Gasteiger partial charge in [0.15, 0.2) is 0 Å². The second-order valence-corrected chi connectivity index (χ2v) is 3.13. The summed E-state index contributed by atoms with van der Waals surface area (Å²) in [6, 6.07) is 0. The van der Waals surface area contributed by atoms with Crippen LogP contribution in [0.25, 0.3) is 0 Å². The van der Waals surface area contributed by atoms with Gasteiger partial charge in [0.2, 0.25) is 0 Å². The molecule has 0 amide bonds. The van der Waals surface area contributed by atoms with E-state index in [1.807, 2.05) is 0 Å². The molecule has 0 aromatic rings. The molecule has 0 rings (SSSR count). The van der Waals surface area contributed by atoms with Crippen LogP contribution in [0.1, 0.15) is 33.6 Å². The Morgan fingerprint density at radius 2 is 1.88 bits per heavy atom. The highest BCUT2D eigenvalue weighted by molar-refractivity contribution is 6.20. The van der Waals surface area contributed by atoms with Gasteiger partial charge in [-0.05, 0) is 19.3 Å². The molecule has 0 aromatic heterocycles. The van der Waals surface area contributed by atoms with Gasteiger partial charge in [0, 0.05) is 5.38 Å². The lowest BCUT2D eigenvalue weighted by atomic mass is 10.0. The van der Waals surface area contributed by atoms with Crippen molar-refractivity contribution in [3.8, 4) is 0 Å². The fourth-order valence-electron chi connectivity index (χ4n) is 0.685. The Bertz CT molecular complexity index is 50.3. The van der Waals surface area contributed by atoms with Crippen LogP contribution in [0.5, 0.6) is 0 Å². The molecule has 0 fully saturated rings. The first-order valence-electron chi connectivity index (χ1n) is 3.32. The van der Waals surface area contributed by atoms with Crippen molar-refractivity contribution in [1.29, 1.82) is 0 Å². The van der Waals surface area contributed by atoms with Crippen LogP contribution in [0.15, 0.2) is 0 Å². The molecule has 0 nitrogen and oxygen atoms in total. The summed E-state index contributed by atoms with van der Waals surface area (Å²) < 4.78 is 0. The molecule has 50 valence electrons. The van der Waals surface area contributed by atoms with E-state index in [1.54, 1.807) is 0 Å². The Labute approximate surface area is 57.2 Å². The van der Waals surface area contributed by atoms with E-state index in [4.69, 9.17) is 11.6 Å². The maximum absolute atomic E-state index is 5.81. The predicted molar refractivity (Wildman–Crippen MR) is 39.4 cm³/mol. The average Bonchev–Trinajstić information content (AvgIpc) is 1.67. The number of hydrogen-bond acceptors (Lipinski definition) is 0. The Morgan fingerprint density at radius 1 is 1.38 bits per heavy atom. The quantitative estimate of drug-likeness (QED) is 0.521. The number of hydrogen-bond donors (Lipinski definition) is 0. The van der Waals surface area contributed by atoms with E-state index in [2.05, 4.69) is 20.8 Å². The van der Waals surface area contributed by atoms with Crippen molar-refractivity contribution in [2.45, 2.75) is 39.0 Å². The van der Waals surface area contributed by atoms with Gasteiger partial charge in [0.05, 0.1) is 0 Å². The summed E-state index contributed by atoms with van der Waals surface area (Å²) in [4.78, 5) is 0. The summed E-state index contributed by atoms with van der Waals surface area (Å²) >= 11 is 5.81. The van der Waals surface area contributed by atoms with E-state index in [0.29, 0.717) is 11.3 Å². The molecule has 2 atom stereocenters. The van der Waals surface area contributed by atoms with Crippen LogP contribution in [0.2, 0.25) is 0 Å². The standard InChI is InChI=1S/C7H15Cl/c1-4-5-6(2)7(3)8/h6-7H,4-5H2,1-3H3. The lowest BCUT2D eigenvalue weighted by molar-refractivity contribution is 0.516. The molecule has 0 radical (unpaired) electrons. The van der Waals surface area contributed by atoms with Crippen molar-refractivity contribution in [2.24, 2.45) is 5.92 Å². The van der Waals surface area contributed by atoms with Gasteiger partial charge in [-0.1, -0.05) is 20.3 Å². The van der Waals surface area contributed by atoms with Gasteiger partial charge in [-0.25, -0.2) is 0 Å². The topological polar surface area (TPSA) is 0 Å². The van der Waals surface area contributed by atoms with Gasteiger partial charge in [0.1, 0.15) is 0 Å². The minimum Gasteiger partial charge on any atom is -0.123 e. The molecule has 0 bridgehead atoms. The van der Waals surface area contributed by atoms with Crippen LogP contribution >= 0.6 is 11.6 Å². The fraction of sp³-hybridized carbons (Fsp3) is 1.00. The third kappa shape index (κ3) is 3.31. The summed E-state index contributed by atoms with van der Waals surface area (Å²) in [5, 5.41) is 0.343. The molecule has 0 heterocycles. The molecular formula is C7H15Cl. The van der Waals surface area contributed by atoms with E-state index in [-0.39, 0.29) is 0 Å². The maximum Gasteiger partial charge on any atom is 0.0333 e. The normalized spacial score (nSPS) is 18.0. The number of halogens is 1. The van der Waals surface area contributed by atoms with E-state index >= 15 is 0 Å². The average molecular weight is 135 g/mol. The first-order valence-corrected chi connectivity index (χ1v) is 3.76. The third-order valence-corrected chi connectivity index (χ3v) is 1.96. The summed E-state index contributed by atoms with van der Waals surface area (Å²) in [6.07, 6.45) is 2.50. The Balaban J connectivity index is 3.17. The molecule has 0 aliphatic heterocycles. The minimum atomic E-state index is 0.343. The SMILES string of the molecule is CCCC(C)C(C)Cl. The molecule has 0 aromatic carbocycles. The highest BCUT2D eigenvalue weighted by atomic mass is 35.5. The summed E-state index contributed by atoms with van der Waals surface area (Å²) in [5.74, 6) is 0.682. The fourth-order valence-corrected chi connectivity index (χ4v) is 0.811. The zero-order valence-corrected chi connectivity index (χ0v) is 6.70. The van der Waals surface area contributed by atoms with Crippen LogP contribution in [0, 0.1) is 5.92 Å². The Kier molecular flexibility index (Phi) is 4.35. The summed E-state index contributed by atoms with van der Waals surface area (Å²) in [5.41, 5.74) is 0. The van der Waals surface area contributed by atoms with E-state index in [1.165, 1.54) is 12.8 Å². The first kappa shape index (κ1) is 8.29. The zero-order chi connectivity index (χ0) is 6.57. The van der Waals surface area contributed by atoms with Gasteiger partial charge >= 0.3 is 0 Å². The largest absolute Gasteiger partial charge is 0.123 e. The molecule has 0 N–H and O–H groups in total. The second kappa shape index (κ2) is 4.20. The van der Waals surface area contributed by atoms with Gasteiger partial charge < -0.3 is 0 Å². The van der Waals surface area contributed by atoms with Gasteiger partial charge in [-0.3, -0.25) is 0 Å². The smallest absolute Gasteiger partial charge is 0.0333 e. The Morgan fingerprint density at radius 3 is 2.00 bits per heavy atom. The number of alkyl halides is 1. The van der Waals surface area contributed by atoms with Crippen molar-refractivity contribution in [3.63, 3.8) is 0 Å². The Hall–Kier alpha value is 0.290. The first-order chi connectivity index (χ1) is 3.68. The maximum atomic E-state index is 5.81. The van der Waals surface area contributed by atoms with Gasteiger partial charge in [0.25, 0.3) is 0 Å². The van der Waals surface area contributed by atoms with Crippen molar-refractivity contribution >= 4 is 11.6 Å². The van der Waals surface area contributed by atoms with Crippen LogP contribution in [-0.4, -0.2) is 5.38 Å². The van der Waals surface area contributed by atoms with Crippen LogP contribution in [-0.2, 0) is 0 Å². The summed E-state index contributed by atoms with van der Waals surface area (Å²) in [6.45, 7) is 6.44. The molecule has 0 saturated heterocycles. The van der Waals surface area contributed by atoms with Gasteiger partial charge in [-0.2, -0.15) is 0 Å². The van der Waals surface area contributed by atoms with Crippen molar-refractivity contribution in [2.75, 3.05) is 0 Å². The van der Waals surface area contributed by atoms with E-state index < -0.39 is 0 Å². The molecular weight excluding hydrogens is 120 g/mol. The second-order valence-electron chi connectivity index (χ2n) is 2.44. The van der Waals surface area contributed by atoms with Gasteiger partial charge in [-0.15, -0.1) is 11.6 Å². The van der Waals surface area contributed by atoms with Crippen LogP contribution in [0.3, 0.4) is 0 Å². The number of rotatable bonds is 3. The highest BCUT2D eigenvalue weighted by Crippen LogP contribution is 2.14. The van der Waals surface area contributed by atoms with E-state index in [9.17, 15) is 0 Å². The molecule has 0 aliphatic carbocycles. The summed E-state index contributed by atoms with van der Waals surface area (Å²) in [7, 11) is 0. The molecule has 2 unspecified atom stereocenters. The predicted octanol–water partition coefficient (Wildman–Crippen LogP) is 3.05. The minimum absolute atomic E-state index is 0.343. The van der Waals surface area contributed by atoms with E-state index in [0.717, 1.165) is 0 Å². The van der Waals surface area contributed by atoms with Crippen molar-refractivity contribution < 1.29 is 0 Å². The van der Waals surface area contributed by atoms with Crippen molar-refractivity contribution in [3.05, 3.63) is 0 Å². The molecule has 0 spiro atoms. The highest BCUT2D eigenvalue weighted by Gasteiger charge is 2.05. The molecule has 1 heteroatoms. The lowest BCUT2D eigenvalue weighted by Gasteiger charge is -2.10. The monoisotopic (exact) mass is 134 g/mol. The molecule has 0 aliphatic rings. The lowest BCUT2D eigenvalue weighted by Crippen LogP contribution is -2.05.